The monoisotopic (exact) mass is 334 g/mol. The van der Waals surface area contributed by atoms with Crippen LogP contribution in [0.1, 0.15) is 10.4 Å². The average Bonchev–Trinajstić information content (AvgIpc) is 2.59. The van der Waals surface area contributed by atoms with Crippen LogP contribution in [0.15, 0.2) is 48.5 Å². The van der Waals surface area contributed by atoms with E-state index in [1.165, 1.54) is 7.11 Å². The predicted octanol–water partition coefficient (Wildman–Crippen LogP) is 2.19. The number of hydrogen-bond acceptors (Lipinski definition) is 4. The summed E-state index contributed by atoms with van der Waals surface area (Å²) in [5.74, 6) is 0.224. The molecule has 0 aliphatic heterocycles. The normalized spacial score (nSPS) is 9.83. The lowest BCUT2D eigenvalue weighted by atomic mass is 10.2. The molecule has 0 radical (unpaired) electrons. The zero-order chi connectivity index (χ0) is 16.7. The number of hydrazine groups is 1. The number of ether oxygens (including phenoxy) is 2. The van der Waals surface area contributed by atoms with E-state index in [1.807, 2.05) is 0 Å². The molecule has 0 bridgehead atoms. The Morgan fingerprint density at radius 1 is 0.957 bits per heavy atom. The summed E-state index contributed by atoms with van der Waals surface area (Å²) in [6, 6.07) is 13.1. The Hall–Kier alpha value is -2.73. The molecule has 0 spiro atoms. The van der Waals surface area contributed by atoms with Crippen molar-refractivity contribution in [2.45, 2.75) is 0 Å². The van der Waals surface area contributed by atoms with E-state index < -0.39 is 11.8 Å². The summed E-state index contributed by atoms with van der Waals surface area (Å²) in [5.41, 5.74) is 4.96. The Morgan fingerprint density at radius 2 is 1.57 bits per heavy atom. The molecule has 0 saturated carbocycles. The first-order chi connectivity index (χ1) is 11.1. The summed E-state index contributed by atoms with van der Waals surface area (Å²) in [4.78, 5) is 23.5. The van der Waals surface area contributed by atoms with E-state index in [2.05, 4.69) is 10.9 Å². The Bertz CT molecular complexity index is 671. The molecular weight excluding hydrogens is 320 g/mol. The number of carbonyl (C=O) groups is 2. The van der Waals surface area contributed by atoms with Crippen LogP contribution in [-0.4, -0.2) is 25.5 Å². The zero-order valence-corrected chi connectivity index (χ0v) is 13.1. The summed E-state index contributed by atoms with van der Waals surface area (Å²) in [5, 5.41) is 0.577. The minimum absolute atomic E-state index is 0.232. The van der Waals surface area contributed by atoms with Gasteiger partial charge in [-0.1, -0.05) is 11.6 Å². The molecule has 7 heteroatoms. The van der Waals surface area contributed by atoms with Gasteiger partial charge in [-0.15, -0.1) is 0 Å². The van der Waals surface area contributed by atoms with Crippen LogP contribution in [0.2, 0.25) is 5.02 Å². The summed E-state index contributed by atoms with van der Waals surface area (Å²) in [6.45, 7) is -0.232. The SMILES string of the molecule is COc1ccc(C(=O)NNC(=O)COc2ccc(Cl)cc2)cc1. The molecule has 0 aliphatic carbocycles. The Morgan fingerprint density at radius 3 is 2.17 bits per heavy atom. The van der Waals surface area contributed by atoms with Gasteiger partial charge in [-0.25, -0.2) is 0 Å². The number of methoxy groups -OCH3 is 1. The quantitative estimate of drug-likeness (QED) is 0.822. The second-order valence-corrected chi connectivity index (χ2v) is 4.91. The first-order valence-corrected chi connectivity index (χ1v) is 7.08. The molecule has 23 heavy (non-hydrogen) atoms. The van der Waals surface area contributed by atoms with Gasteiger partial charge in [0.25, 0.3) is 11.8 Å². The summed E-state index contributed by atoms with van der Waals surface area (Å²) >= 11 is 5.75. The Balaban J connectivity index is 1.76. The predicted molar refractivity (Wildman–Crippen MR) is 85.5 cm³/mol. The van der Waals surface area contributed by atoms with Crippen LogP contribution in [0.5, 0.6) is 11.5 Å². The van der Waals surface area contributed by atoms with Gasteiger partial charge >= 0.3 is 0 Å². The van der Waals surface area contributed by atoms with Crippen molar-refractivity contribution in [3.63, 3.8) is 0 Å². The molecule has 2 N–H and O–H groups in total. The van der Waals surface area contributed by atoms with Gasteiger partial charge in [0, 0.05) is 10.6 Å². The minimum Gasteiger partial charge on any atom is -0.497 e. The number of hydrogen-bond donors (Lipinski definition) is 2. The lowest BCUT2D eigenvalue weighted by Gasteiger charge is -2.09. The number of carbonyl (C=O) groups excluding carboxylic acids is 2. The average molecular weight is 335 g/mol. The van der Waals surface area contributed by atoms with Crippen molar-refractivity contribution in [3.8, 4) is 11.5 Å². The van der Waals surface area contributed by atoms with Gasteiger partial charge in [-0.3, -0.25) is 20.4 Å². The van der Waals surface area contributed by atoms with E-state index in [0.717, 1.165) is 0 Å². The smallest absolute Gasteiger partial charge is 0.276 e. The van der Waals surface area contributed by atoms with E-state index in [1.54, 1.807) is 48.5 Å². The van der Waals surface area contributed by atoms with Gasteiger partial charge in [0.1, 0.15) is 11.5 Å². The fourth-order valence-electron chi connectivity index (χ4n) is 1.66. The van der Waals surface area contributed by atoms with Crippen LogP contribution in [0, 0.1) is 0 Å². The molecule has 2 aromatic rings. The lowest BCUT2D eigenvalue weighted by Crippen LogP contribution is -2.43. The minimum atomic E-state index is -0.484. The Labute approximate surface area is 138 Å². The van der Waals surface area contributed by atoms with Gasteiger partial charge in [0.2, 0.25) is 0 Å². The van der Waals surface area contributed by atoms with Crippen molar-refractivity contribution in [1.82, 2.24) is 10.9 Å². The molecular formula is C16H15ClN2O4. The van der Waals surface area contributed by atoms with Crippen molar-refractivity contribution < 1.29 is 19.1 Å². The molecule has 120 valence electrons. The molecule has 0 aliphatic rings. The largest absolute Gasteiger partial charge is 0.497 e. The first-order valence-electron chi connectivity index (χ1n) is 6.70. The maximum absolute atomic E-state index is 11.8. The molecule has 0 heterocycles. The number of nitrogens with one attached hydrogen (secondary N) is 2. The Kier molecular flexibility index (Phi) is 5.82. The third kappa shape index (κ3) is 5.19. The van der Waals surface area contributed by atoms with Crippen molar-refractivity contribution in [3.05, 3.63) is 59.1 Å². The zero-order valence-electron chi connectivity index (χ0n) is 12.3. The third-order valence-corrected chi connectivity index (χ3v) is 3.10. The molecule has 0 aromatic heterocycles. The van der Waals surface area contributed by atoms with Gasteiger partial charge in [-0.2, -0.15) is 0 Å². The van der Waals surface area contributed by atoms with Crippen molar-refractivity contribution in [1.29, 1.82) is 0 Å². The second-order valence-electron chi connectivity index (χ2n) is 4.47. The number of halogens is 1. The summed E-state index contributed by atoms with van der Waals surface area (Å²) in [7, 11) is 1.54. The van der Waals surface area contributed by atoms with Crippen LogP contribution >= 0.6 is 11.6 Å². The second kappa shape index (κ2) is 8.05. The van der Waals surface area contributed by atoms with Gasteiger partial charge in [0.15, 0.2) is 6.61 Å². The van der Waals surface area contributed by atoms with Crippen LogP contribution in [0.3, 0.4) is 0 Å². The molecule has 0 unspecified atom stereocenters. The fourth-order valence-corrected chi connectivity index (χ4v) is 1.78. The van der Waals surface area contributed by atoms with E-state index in [9.17, 15) is 9.59 Å². The molecule has 0 atom stereocenters. The van der Waals surface area contributed by atoms with Crippen molar-refractivity contribution in [2.75, 3.05) is 13.7 Å². The molecule has 2 rings (SSSR count). The molecule has 0 saturated heterocycles. The third-order valence-electron chi connectivity index (χ3n) is 2.85. The highest BCUT2D eigenvalue weighted by Crippen LogP contribution is 2.15. The first kappa shape index (κ1) is 16.6. The number of benzene rings is 2. The molecule has 2 aromatic carbocycles. The number of amides is 2. The standard InChI is InChI=1S/C16H15ClN2O4/c1-22-13-6-2-11(3-7-13)16(21)19-18-15(20)10-23-14-8-4-12(17)5-9-14/h2-9H,10H2,1H3,(H,18,20)(H,19,21). The highest BCUT2D eigenvalue weighted by molar-refractivity contribution is 6.30. The van der Waals surface area contributed by atoms with E-state index in [0.29, 0.717) is 22.1 Å². The lowest BCUT2D eigenvalue weighted by molar-refractivity contribution is -0.123. The van der Waals surface area contributed by atoms with Crippen LogP contribution in [0.25, 0.3) is 0 Å². The fraction of sp³-hybridized carbons (Fsp3) is 0.125. The molecule has 2 amide bonds. The van der Waals surface area contributed by atoms with Crippen molar-refractivity contribution in [2.24, 2.45) is 0 Å². The van der Waals surface area contributed by atoms with E-state index >= 15 is 0 Å². The highest BCUT2D eigenvalue weighted by Gasteiger charge is 2.08. The highest BCUT2D eigenvalue weighted by atomic mass is 35.5. The maximum Gasteiger partial charge on any atom is 0.276 e. The van der Waals surface area contributed by atoms with Gasteiger partial charge in [0.05, 0.1) is 7.11 Å². The van der Waals surface area contributed by atoms with Gasteiger partial charge in [-0.05, 0) is 48.5 Å². The van der Waals surface area contributed by atoms with E-state index in [-0.39, 0.29) is 6.61 Å². The molecule has 6 nitrogen and oxygen atoms in total. The van der Waals surface area contributed by atoms with Gasteiger partial charge < -0.3 is 9.47 Å². The molecule has 0 fully saturated rings. The summed E-state index contributed by atoms with van der Waals surface area (Å²) < 4.78 is 10.3. The van der Waals surface area contributed by atoms with E-state index in [4.69, 9.17) is 21.1 Å². The topological polar surface area (TPSA) is 76.7 Å². The maximum atomic E-state index is 11.8. The van der Waals surface area contributed by atoms with Crippen LogP contribution in [0.4, 0.5) is 0 Å². The van der Waals surface area contributed by atoms with Crippen LogP contribution in [-0.2, 0) is 4.79 Å². The van der Waals surface area contributed by atoms with Crippen molar-refractivity contribution >= 4 is 23.4 Å². The number of rotatable bonds is 5. The summed E-state index contributed by atoms with van der Waals surface area (Å²) in [6.07, 6.45) is 0. The van der Waals surface area contributed by atoms with Crippen LogP contribution < -0.4 is 20.3 Å².